The van der Waals surface area contributed by atoms with E-state index in [9.17, 15) is 22.7 Å². The molecular formula is C27H29F5N2O2S. The number of aromatic nitrogens is 1. The number of aliphatic hydroxyl groups excluding tert-OH is 1. The lowest BCUT2D eigenvalue weighted by Gasteiger charge is -2.41. The zero-order valence-electron chi connectivity index (χ0n) is 20.5. The summed E-state index contributed by atoms with van der Waals surface area (Å²) in [5.74, 6) is -3.56. The zero-order chi connectivity index (χ0) is 26.6. The smallest absolute Gasteiger partial charge is 0.194 e. The average molecular weight is 541 g/mol. The third-order valence-corrected chi connectivity index (χ3v) is 8.15. The topological polar surface area (TPSA) is 45.6 Å². The van der Waals surface area contributed by atoms with Crippen LogP contribution < -0.4 is 4.74 Å². The maximum Gasteiger partial charge on any atom is 0.194 e. The average Bonchev–Trinajstić information content (AvgIpc) is 2.90. The first-order valence-corrected chi connectivity index (χ1v) is 13.1. The molecule has 0 saturated carbocycles. The molecule has 37 heavy (non-hydrogen) atoms. The van der Waals surface area contributed by atoms with Gasteiger partial charge >= 0.3 is 0 Å². The second-order valence-corrected chi connectivity index (χ2v) is 10.6. The normalized spacial score (nSPS) is 16.7. The predicted molar refractivity (Wildman–Crippen MR) is 134 cm³/mol. The summed E-state index contributed by atoms with van der Waals surface area (Å²) in [4.78, 5) is 6.54. The molecule has 1 aliphatic rings. The van der Waals surface area contributed by atoms with Gasteiger partial charge in [0.15, 0.2) is 17.5 Å². The number of benzene rings is 2. The van der Waals surface area contributed by atoms with Gasteiger partial charge < -0.3 is 14.7 Å². The molecular weight excluding hydrogens is 511 g/mol. The fourth-order valence-corrected chi connectivity index (χ4v) is 5.80. The van der Waals surface area contributed by atoms with Crippen molar-refractivity contribution in [1.29, 1.82) is 0 Å². The molecule has 2 aromatic carbocycles. The third kappa shape index (κ3) is 6.35. The van der Waals surface area contributed by atoms with E-state index in [1.807, 2.05) is 0 Å². The number of ether oxygens (including phenoxy) is 1. The van der Waals surface area contributed by atoms with E-state index in [1.165, 1.54) is 18.9 Å². The summed E-state index contributed by atoms with van der Waals surface area (Å²) in [7, 11) is 1.49. The Kier molecular flexibility index (Phi) is 8.92. The molecule has 0 aliphatic carbocycles. The molecule has 2 heterocycles. The lowest BCUT2D eigenvalue weighted by Crippen LogP contribution is -2.42. The van der Waals surface area contributed by atoms with Crippen LogP contribution in [-0.4, -0.2) is 54.1 Å². The zero-order valence-corrected chi connectivity index (χ0v) is 21.3. The largest absolute Gasteiger partial charge is 0.497 e. The Morgan fingerprint density at radius 1 is 1.08 bits per heavy atom. The van der Waals surface area contributed by atoms with E-state index >= 15 is 4.39 Å². The van der Waals surface area contributed by atoms with E-state index in [1.54, 1.807) is 18.2 Å². The van der Waals surface area contributed by atoms with Crippen molar-refractivity contribution in [2.24, 2.45) is 5.41 Å². The van der Waals surface area contributed by atoms with Crippen LogP contribution in [0.25, 0.3) is 10.9 Å². The number of piperidine rings is 1. The van der Waals surface area contributed by atoms with Crippen LogP contribution in [0.15, 0.2) is 41.4 Å². The molecule has 10 heteroatoms. The number of nitrogens with zero attached hydrogens (tertiary/aromatic N) is 2. The summed E-state index contributed by atoms with van der Waals surface area (Å²) in [6, 6.07) is 6.90. The van der Waals surface area contributed by atoms with Gasteiger partial charge in [-0.15, -0.1) is 11.8 Å². The summed E-state index contributed by atoms with van der Waals surface area (Å²) < 4.78 is 75.2. The highest BCUT2D eigenvalue weighted by molar-refractivity contribution is 7.99. The summed E-state index contributed by atoms with van der Waals surface area (Å²) >= 11 is 1.24. The van der Waals surface area contributed by atoms with E-state index < -0.39 is 34.9 Å². The number of methoxy groups -OCH3 is 1. The first kappa shape index (κ1) is 27.6. The highest BCUT2D eigenvalue weighted by Crippen LogP contribution is 2.41. The number of thioether (sulfide) groups is 1. The van der Waals surface area contributed by atoms with E-state index in [-0.39, 0.29) is 18.6 Å². The molecule has 1 atom stereocenters. The molecule has 1 aliphatic heterocycles. The van der Waals surface area contributed by atoms with Gasteiger partial charge in [-0.25, -0.2) is 22.0 Å². The molecule has 0 amide bonds. The van der Waals surface area contributed by atoms with Crippen molar-refractivity contribution in [1.82, 2.24) is 9.88 Å². The van der Waals surface area contributed by atoms with Gasteiger partial charge in [-0.2, -0.15) is 0 Å². The van der Waals surface area contributed by atoms with Crippen molar-refractivity contribution in [3.63, 3.8) is 0 Å². The van der Waals surface area contributed by atoms with Crippen molar-refractivity contribution in [3.05, 3.63) is 65.4 Å². The molecule has 4 nitrogen and oxygen atoms in total. The van der Waals surface area contributed by atoms with Crippen LogP contribution in [0.5, 0.6) is 5.75 Å². The molecule has 0 unspecified atom stereocenters. The van der Waals surface area contributed by atoms with Gasteiger partial charge in [-0.3, -0.25) is 4.98 Å². The number of halogens is 5. The highest BCUT2D eigenvalue weighted by Gasteiger charge is 2.35. The summed E-state index contributed by atoms with van der Waals surface area (Å²) in [5.41, 5.74) is -0.0251. The van der Waals surface area contributed by atoms with Crippen molar-refractivity contribution < 1.29 is 31.8 Å². The van der Waals surface area contributed by atoms with Crippen LogP contribution >= 0.6 is 11.8 Å². The SMILES string of the molecule is COc1ccc2ncc(F)c([C@H](F)CCC3(CO)CCN(CCSc4cc(F)c(F)c(F)c4)CC3)c2c1. The standard InChI is InChI=1S/C27H29F5N2O2S/c1-36-17-2-3-24-19(12-17)25(23(31)15-33-24)20(28)4-5-27(16-35)6-8-34(9-7-27)10-11-37-18-13-21(29)26(32)22(30)14-18/h2-3,12-15,20,35H,4-11,16H2,1H3/t20-/m1/s1. The summed E-state index contributed by atoms with van der Waals surface area (Å²) in [5, 5.41) is 10.5. The molecule has 1 N–H and O–H groups in total. The number of alkyl halides is 1. The lowest BCUT2D eigenvalue weighted by atomic mass is 9.74. The van der Waals surface area contributed by atoms with Crippen molar-refractivity contribution in [2.45, 2.75) is 36.8 Å². The van der Waals surface area contributed by atoms with E-state index in [4.69, 9.17) is 4.74 Å². The fraction of sp³-hybridized carbons (Fsp3) is 0.444. The van der Waals surface area contributed by atoms with Gasteiger partial charge in [0.05, 0.1) is 18.8 Å². The summed E-state index contributed by atoms with van der Waals surface area (Å²) in [6.45, 7) is 1.90. The molecule has 3 aromatic rings. The van der Waals surface area contributed by atoms with Gasteiger partial charge in [0.2, 0.25) is 0 Å². The molecule has 1 aromatic heterocycles. The molecule has 0 spiro atoms. The second kappa shape index (κ2) is 12.0. The molecule has 0 radical (unpaired) electrons. The number of hydrogen-bond donors (Lipinski definition) is 1. The predicted octanol–water partition coefficient (Wildman–Crippen LogP) is 6.46. The van der Waals surface area contributed by atoms with Crippen LogP contribution in [0.3, 0.4) is 0 Å². The quantitative estimate of drug-likeness (QED) is 0.182. The van der Waals surface area contributed by atoms with Crippen LogP contribution in [0.4, 0.5) is 22.0 Å². The van der Waals surface area contributed by atoms with Crippen molar-refractivity contribution >= 4 is 22.7 Å². The number of aliphatic hydroxyl groups is 1. The van der Waals surface area contributed by atoms with Crippen molar-refractivity contribution in [2.75, 3.05) is 39.1 Å². The van der Waals surface area contributed by atoms with Gasteiger partial charge in [0.1, 0.15) is 17.7 Å². The minimum Gasteiger partial charge on any atom is -0.497 e. The molecule has 200 valence electrons. The van der Waals surface area contributed by atoms with E-state index in [2.05, 4.69) is 9.88 Å². The Morgan fingerprint density at radius 2 is 1.78 bits per heavy atom. The maximum absolute atomic E-state index is 15.4. The van der Waals surface area contributed by atoms with E-state index in [0.29, 0.717) is 66.2 Å². The van der Waals surface area contributed by atoms with Gasteiger partial charge in [-0.1, -0.05) is 0 Å². The molecule has 0 bridgehead atoms. The number of pyridine rings is 1. The first-order chi connectivity index (χ1) is 17.7. The van der Waals surface area contributed by atoms with Crippen LogP contribution in [0, 0.1) is 28.7 Å². The summed E-state index contributed by atoms with van der Waals surface area (Å²) in [6.07, 6.45) is 1.22. The van der Waals surface area contributed by atoms with Gasteiger partial charge in [-0.05, 0) is 74.5 Å². The molecule has 1 fully saturated rings. The fourth-order valence-electron chi connectivity index (χ4n) is 4.84. The van der Waals surface area contributed by atoms with Crippen molar-refractivity contribution in [3.8, 4) is 5.75 Å². The Labute approximate surface area is 216 Å². The van der Waals surface area contributed by atoms with E-state index in [0.717, 1.165) is 18.3 Å². The van der Waals surface area contributed by atoms with Crippen LogP contribution in [-0.2, 0) is 0 Å². The lowest BCUT2D eigenvalue weighted by molar-refractivity contribution is 0.0321. The minimum atomic E-state index is -1.56. The van der Waals surface area contributed by atoms with Gasteiger partial charge in [0.25, 0.3) is 0 Å². The Morgan fingerprint density at radius 3 is 2.43 bits per heavy atom. The Balaban J connectivity index is 1.32. The first-order valence-electron chi connectivity index (χ1n) is 12.1. The number of rotatable bonds is 10. The van der Waals surface area contributed by atoms with Crippen LogP contribution in [0.2, 0.25) is 0 Å². The van der Waals surface area contributed by atoms with Crippen LogP contribution in [0.1, 0.15) is 37.4 Å². The Bertz CT molecular complexity index is 1210. The minimum absolute atomic E-state index is 0.0416. The molecule has 1 saturated heterocycles. The van der Waals surface area contributed by atoms with Gasteiger partial charge in [0, 0.05) is 34.7 Å². The number of likely N-dealkylation sites (tertiary alicyclic amines) is 1. The number of fused-ring (bicyclic) bond motifs is 1. The second-order valence-electron chi connectivity index (χ2n) is 9.46. The number of hydrogen-bond acceptors (Lipinski definition) is 5. The molecule has 4 rings (SSSR count). The maximum atomic E-state index is 15.4. The third-order valence-electron chi connectivity index (χ3n) is 7.20. The highest BCUT2D eigenvalue weighted by atomic mass is 32.2. The Hall–Kier alpha value is -2.43. The monoisotopic (exact) mass is 540 g/mol.